The van der Waals surface area contributed by atoms with Gasteiger partial charge in [0, 0.05) is 20.8 Å². The van der Waals surface area contributed by atoms with E-state index in [0.717, 1.165) is 66.0 Å². The molecule has 0 aromatic heterocycles. The Balaban J connectivity index is 0.000000216. The molecule has 4 atom stereocenters. The lowest BCUT2D eigenvalue weighted by Crippen LogP contribution is -2.45. The molecule has 3 N–H and O–H groups in total. The quantitative estimate of drug-likeness (QED) is 0.201. The third-order valence-corrected chi connectivity index (χ3v) is 8.14. The SMILES string of the molecule is COC(=O)[C@@H](N[B]C=O)[C@H]1CCCc2ccc(Br)cc21.O=C[B]N[C@H](C(=O)O)[C@H]1CCCc2ccc(Br)cc21. The van der Waals surface area contributed by atoms with Gasteiger partial charge in [0.15, 0.2) is 0 Å². The van der Waals surface area contributed by atoms with Crippen LogP contribution in [0, 0.1) is 0 Å². The molecule has 0 saturated carbocycles. The van der Waals surface area contributed by atoms with Crippen LogP contribution in [0.25, 0.3) is 0 Å². The van der Waals surface area contributed by atoms with Gasteiger partial charge < -0.3 is 29.9 Å². The maximum Gasteiger partial charge on any atom is 0.322 e. The first-order valence-corrected chi connectivity index (χ1v) is 14.3. The number of nitrogens with one attached hydrogen (secondary N) is 2. The van der Waals surface area contributed by atoms with Crippen LogP contribution < -0.4 is 10.5 Å². The molecule has 2 aliphatic carbocycles. The number of carboxylic acids is 1. The lowest BCUT2D eigenvalue weighted by atomic mass is 9.77. The first-order chi connectivity index (χ1) is 18.8. The molecule has 0 bridgehead atoms. The first kappa shape index (κ1) is 31.3. The van der Waals surface area contributed by atoms with E-state index < -0.39 is 18.1 Å². The second kappa shape index (κ2) is 15.5. The molecule has 2 aliphatic rings. The minimum atomic E-state index is -0.934. The van der Waals surface area contributed by atoms with E-state index in [-0.39, 0.29) is 17.8 Å². The predicted octanol–water partition coefficient (Wildman–Crippen LogP) is 3.53. The van der Waals surface area contributed by atoms with E-state index in [4.69, 9.17) is 4.74 Å². The molecule has 0 amide bonds. The average Bonchev–Trinajstić information content (AvgIpc) is 2.93. The summed E-state index contributed by atoms with van der Waals surface area (Å²) in [5.41, 5.74) is 4.65. The minimum Gasteiger partial charge on any atom is -0.480 e. The normalized spacial score (nSPS) is 19.1. The summed E-state index contributed by atoms with van der Waals surface area (Å²) in [7, 11) is 3.78. The van der Waals surface area contributed by atoms with Gasteiger partial charge in [-0.3, -0.25) is 9.59 Å². The van der Waals surface area contributed by atoms with Gasteiger partial charge in [-0.1, -0.05) is 44.0 Å². The fourth-order valence-electron chi connectivity index (χ4n) is 5.43. The van der Waals surface area contributed by atoms with Gasteiger partial charge in [-0.25, -0.2) is 0 Å². The number of aliphatic carboxylic acids is 1. The molecule has 0 fully saturated rings. The highest BCUT2D eigenvalue weighted by atomic mass is 79.9. The summed E-state index contributed by atoms with van der Waals surface area (Å²) in [5, 5.41) is 14.9. The Bertz CT molecular complexity index is 1180. The number of benzene rings is 2. The number of fused-ring (bicyclic) bond motifs is 2. The smallest absolute Gasteiger partial charge is 0.322 e. The summed E-state index contributed by atoms with van der Waals surface area (Å²) >= 11 is 6.90. The third kappa shape index (κ3) is 8.36. The van der Waals surface area contributed by atoms with Gasteiger partial charge >= 0.3 is 11.9 Å². The molecular weight excluding hydrogens is 630 g/mol. The molecule has 0 saturated heterocycles. The zero-order chi connectivity index (χ0) is 28.4. The molecule has 0 spiro atoms. The summed E-state index contributed by atoms with van der Waals surface area (Å²) in [5.74, 6) is -1.38. The number of hydrogen-bond donors (Lipinski definition) is 3. The van der Waals surface area contributed by atoms with Gasteiger partial charge in [-0.05, 0) is 85.0 Å². The highest BCUT2D eigenvalue weighted by molar-refractivity contribution is 9.10. The van der Waals surface area contributed by atoms with Crippen molar-refractivity contribution in [2.75, 3.05) is 7.11 Å². The van der Waals surface area contributed by atoms with Crippen LogP contribution >= 0.6 is 31.9 Å². The van der Waals surface area contributed by atoms with Gasteiger partial charge in [-0.2, -0.15) is 0 Å². The van der Waals surface area contributed by atoms with E-state index in [1.54, 1.807) is 0 Å². The largest absolute Gasteiger partial charge is 0.480 e. The van der Waals surface area contributed by atoms with Crippen molar-refractivity contribution in [1.29, 1.82) is 0 Å². The number of ether oxygens (including phenoxy) is 1. The summed E-state index contributed by atoms with van der Waals surface area (Å²) in [6, 6.07) is 10.9. The standard InChI is InChI=1S/C14H16BBrNO3.C13H14BBrNO3/c1-20-14(19)13(17-15-8-18)11-4-2-3-9-5-6-10(16)7-12(9)11;15-9-5-4-8-2-1-3-10(11(8)6-9)12(13(18)19)16-14-7-17/h5-8,11,13,17H,2-4H2,1H3;4-7,10,12,16H,1-3H2,(H,18,19)/t11-,13-;10-,12-/m00/s1. The maximum atomic E-state index is 12.0. The van der Waals surface area contributed by atoms with E-state index in [9.17, 15) is 24.3 Å². The maximum absolute atomic E-state index is 12.0. The monoisotopic (exact) mass is 658 g/mol. The third-order valence-electron chi connectivity index (χ3n) is 7.15. The van der Waals surface area contributed by atoms with Crippen LogP contribution in [-0.2, 0) is 36.8 Å². The molecule has 39 heavy (non-hydrogen) atoms. The Hall–Kier alpha value is -2.27. The van der Waals surface area contributed by atoms with Gasteiger partial charge in [0.2, 0.25) is 0 Å². The Morgan fingerprint density at radius 3 is 1.79 bits per heavy atom. The lowest BCUT2D eigenvalue weighted by Gasteiger charge is -2.31. The van der Waals surface area contributed by atoms with Gasteiger partial charge in [0.05, 0.1) is 19.5 Å². The van der Waals surface area contributed by atoms with E-state index in [1.807, 2.05) is 24.3 Å². The van der Waals surface area contributed by atoms with Crippen molar-refractivity contribution in [1.82, 2.24) is 10.5 Å². The van der Waals surface area contributed by atoms with E-state index in [0.29, 0.717) is 12.4 Å². The van der Waals surface area contributed by atoms with Crippen LogP contribution in [-0.4, -0.2) is 63.4 Å². The number of halogens is 2. The number of hydrogen-bond acceptors (Lipinski definition) is 7. The van der Waals surface area contributed by atoms with Crippen molar-refractivity contribution in [3.8, 4) is 0 Å². The lowest BCUT2D eigenvalue weighted by molar-refractivity contribution is -0.143. The molecule has 0 unspecified atom stereocenters. The number of rotatable bonds is 10. The van der Waals surface area contributed by atoms with E-state index >= 15 is 0 Å². The second-order valence-electron chi connectivity index (χ2n) is 9.44. The number of carbonyl (C=O) groups is 4. The van der Waals surface area contributed by atoms with Crippen LogP contribution in [0.1, 0.15) is 59.8 Å². The van der Waals surface area contributed by atoms with Crippen molar-refractivity contribution in [3.63, 3.8) is 0 Å². The zero-order valence-electron chi connectivity index (χ0n) is 21.6. The van der Waals surface area contributed by atoms with Crippen LogP contribution in [0.15, 0.2) is 45.3 Å². The van der Waals surface area contributed by atoms with Crippen molar-refractivity contribution in [3.05, 3.63) is 67.6 Å². The Morgan fingerprint density at radius 2 is 1.36 bits per heavy atom. The molecular formula is C27H30B2Br2N2O6. The van der Waals surface area contributed by atoms with Gasteiger partial charge in [0.25, 0.3) is 14.8 Å². The highest BCUT2D eigenvalue weighted by Gasteiger charge is 2.34. The van der Waals surface area contributed by atoms with Crippen LogP contribution in [0.4, 0.5) is 0 Å². The molecule has 2 aromatic carbocycles. The molecule has 4 rings (SSSR count). The van der Waals surface area contributed by atoms with Crippen molar-refractivity contribution in [2.24, 2.45) is 0 Å². The second-order valence-corrected chi connectivity index (χ2v) is 11.3. The fraction of sp³-hybridized carbons (Fsp3) is 0.407. The van der Waals surface area contributed by atoms with Crippen molar-refractivity contribution in [2.45, 2.75) is 62.4 Å². The summed E-state index contributed by atoms with van der Waals surface area (Å²) in [6.45, 7) is 0. The number of carbonyl (C=O) groups excluding carboxylic acids is 3. The molecule has 0 aliphatic heterocycles. The molecule has 12 heteroatoms. The van der Waals surface area contributed by atoms with E-state index in [2.05, 4.69) is 54.4 Å². The zero-order valence-corrected chi connectivity index (χ0v) is 24.7. The topological polar surface area (TPSA) is 122 Å². The van der Waals surface area contributed by atoms with E-state index in [1.165, 1.54) is 25.7 Å². The number of aryl methyl sites for hydroxylation is 2. The minimum absolute atomic E-state index is 0.0138. The molecule has 8 nitrogen and oxygen atoms in total. The summed E-state index contributed by atoms with van der Waals surface area (Å²) in [6.07, 6.45) is 6.89. The van der Waals surface area contributed by atoms with Crippen molar-refractivity contribution >= 4 is 71.0 Å². The number of esters is 1. The number of carboxylic acid groups (broad SMARTS) is 1. The summed E-state index contributed by atoms with van der Waals surface area (Å²) in [4.78, 5) is 44.3. The number of methoxy groups -OCH3 is 1. The van der Waals surface area contributed by atoms with Crippen LogP contribution in [0.3, 0.4) is 0 Å². The van der Waals surface area contributed by atoms with Crippen molar-refractivity contribution < 1.29 is 29.0 Å². The Kier molecular flexibility index (Phi) is 12.4. The first-order valence-electron chi connectivity index (χ1n) is 12.7. The predicted molar refractivity (Wildman–Crippen MR) is 158 cm³/mol. The van der Waals surface area contributed by atoms with Gasteiger partial charge in [-0.15, -0.1) is 0 Å². The average molecular weight is 660 g/mol. The molecule has 2 aromatic rings. The van der Waals surface area contributed by atoms with Crippen LogP contribution in [0.2, 0.25) is 0 Å². The van der Waals surface area contributed by atoms with Crippen LogP contribution in [0.5, 0.6) is 0 Å². The Labute approximate surface area is 246 Å². The fourth-order valence-corrected chi connectivity index (χ4v) is 6.18. The summed E-state index contributed by atoms with van der Waals surface area (Å²) < 4.78 is 6.80. The molecule has 0 heterocycles. The Morgan fingerprint density at radius 1 is 0.897 bits per heavy atom. The molecule has 204 valence electrons. The highest BCUT2D eigenvalue weighted by Crippen LogP contribution is 2.37. The molecule has 2 radical (unpaired) electrons. The van der Waals surface area contributed by atoms with Gasteiger partial charge in [0.1, 0.15) is 12.1 Å².